The third-order valence-electron chi connectivity index (χ3n) is 13.3. The number of carbonyl (C=O) groups is 5. The third kappa shape index (κ3) is 9.14. The number of H-pyrrole nitrogens is 1. The molecule has 65 heavy (non-hydrogen) atoms. The fraction of sp³-hybridized carbons (Fsp3) is 0.396. The van der Waals surface area contributed by atoms with Crippen LogP contribution in [0.15, 0.2) is 73.2 Å². The summed E-state index contributed by atoms with van der Waals surface area (Å²) in [5.41, 5.74) is 5.22. The molecule has 0 atom stereocenters. The number of carbonyl (C=O) groups excluding carboxylic acids is 5. The first-order valence-corrected chi connectivity index (χ1v) is 22.7. The van der Waals surface area contributed by atoms with E-state index in [1.54, 1.807) is 35.9 Å². The fourth-order valence-corrected chi connectivity index (χ4v) is 9.92. The molecule has 0 saturated carbocycles. The minimum atomic E-state index is -0.573. The number of aromatic amines is 1. The number of urea groups is 1. The molecule has 3 saturated heterocycles. The lowest BCUT2D eigenvalue weighted by Gasteiger charge is -2.42. The van der Waals surface area contributed by atoms with Gasteiger partial charge >= 0.3 is 6.03 Å². The highest BCUT2D eigenvalue weighted by atomic mass is 35.5. The molecule has 9 rings (SSSR count). The minimum absolute atomic E-state index is 0.0127. The van der Waals surface area contributed by atoms with Crippen molar-refractivity contribution in [1.82, 2.24) is 44.7 Å². The van der Waals surface area contributed by atoms with Crippen LogP contribution < -0.4 is 10.2 Å². The zero-order valence-corrected chi connectivity index (χ0v) is 37.3. The standard InChI is InChI=1S/C48H52ClFN10O5/c1-55(2)46(63)40-26-37-35(25-36(44(50)45(37)53-40)33-5-3-17-58(29-33)43(62)15-23-59-18-4-16-52-59)32-8-6-30(7-9-32)31-10-19-56(20-11-31)34-12-21-57(22-13-34)47(64)39-27-41(38(49)28-51-39)60-24-14-42(61)54-48(60)65/h4-9,16,18,25-28,31,34,53H,3,10-15,17,19-24,29H2,1-2H3,(H,54,61,65). The molecule has 3 aromatic heterocycles. The molecule has 2 aromatic carbocycles. The van der Waals surface area contributed by atoms with Crippen LogP contribution in [0.3, 0.4) is 0 Å². The first-order chi connectivity index (χ1) is 31.4. The van der Waals surface area contributed by atoms with Gasteiger partial charge in [0.1, 0.15) is 11.4 Å². The van der Waals surface area contributed by atoms with Crippen molar-refractivity contribution in [2.75, 3.05) is 64.8 Å². The van der Waals surface area contributed by atoms with E-state index < -0.39 is 11.8 Å². The smallest absolute Gasteiger partial charge is 0.328 e. The van der Waals surface area contributed by atoms with Crippen molar-refractivity contribution in [1.29, 1.82) is 0 Å². The largest absolute Gasteiger partial charge is 0.348 e. The summed E-state index contributed by atoms with van der Waals surface area (Å²) in [4.78, 5) is 80.4. The third-order valence-corrected chi connectivity index (χ3v) is 13.6. The van der Waals surface area contributed by atoms with E-state index in [1.165, 1.54) is 27.6 Å². The van der Waals surface area contributed by atoms with E-state index in [0.29, 0.717) is 73.3 Å². The molecule has 15 nitrogen and oxygen atoms in total. The Hall–Kier alpha value is -6.39. The molecule has 0 spiro atoms. The van der Waals surface area contributed by atoms with E-state index in [2.05, 4.69) is 49.5 Å². The highest BCUT2D eigenvalue weighted by Gasteiger charge is 2.33. The highest BCUT2D eigenvalue weighted by Crippen LogP contribution is 2.39. The van der Waals surface area contributed by atoms with Gasteiger partial charge in [0.25, 0.3) is 11.8 Å². The van der Waals surface area contributed by atoms with Crippen LogP contribution in [0.25, 0.3) is 27.6 Å². The maximum absolute atomic E-state index is 16.6. The molecule has 5 aromatic rings. The lowest BCUT2D eigenvalue weighted by atomic mass is 9.86. The molecule has 6 amide bonds. The molecule has 17 heteroatoms. The summed E-state index contributed by atoms with van der Waals surface area (Å²) in [7, 11) is 3.33. The molecule has 4 aliphatic rings. The van der Waals surface area contributed by atoms with Crippen molar-refractivity contribution in [3.05, 3.63) is 107 Å². The van der Waals surface area contributed by atoms with Crippen LogP contribution in [-0.2, 0) is 16.1 Å². The van der Waals surface area contributed by atoms with Gasteiger partial charge in [0, 0.05) is 102 Å². The summed E-state index contributed by atoms with van der Waals surface area (Å²) in [6.07, 6.45) is 11.6. The first kappa shape index (κ1) is 43.8. The van der Waals surface area contributed by atoms with Crippen molar-refractivity contribution in [3.63, 3.8) is 0 Å². The molecular formula is C48H52ClFN10O5. The van der Waals surface area contributed by atoms with Gasteiger partial charge in [0.15, 0.2) is 5.82 Å². The number of amides is 6. The molecule has 0 radical (unpaired) electrons. The first-order valence-electron chi connectivity index (χ1n) is 22.3. The van der Waals surface area contributed by atoms with Crippen molar-refractivity contribution in [3.8, 4) is 11.1 Å². The number of aryl methyl sites for hydroxylation is 1. The number of nitrogens with one attached hydrogen (secondary N) is 2. The van der Waals surface area contributed by atoms with Crippen molar-refractivity contribution >= 4 is 63.4 Å². The van der Waals surface area contributed by atoms with Crippen molar-refractivity contribution < 1.29 is 28.4 Å². The van der Waals surface area contributed by atoms with E-state index in [4.69, 9.17) is 11.6 Å². The van der Waals surface area contributed by atoms with E-state index in [9.17, 15) is 24.0 Å². The van der Waals surface area contributed by atoms with Gasteiger partial charge in [-0.3, -0.25) is 34.1 Å². The highest BCUT2D eigenvalue weighted by molar-refractivity contribution is 6.34. The zero-order chi connectivity index (χ0) is 45.4. The average molecular weight is 903 g/mol. The van der Waals surface area contributed by atoms with Gasteiger partial charge in [-0.05, 0) is 97.6 Å². The Balaban J connectivity index is 0.851. The summed E-state index contributed by atoms with van der Waals surface area (Å²) in [5, 5.41) is 7.35. The zero-order valence-electron chi connectivity index (χ0n) is 36.6. The second-order valence-electron chi connectivity index (χ2n) is 17.5. The summed E-state index contributed by atoms with van der Waals surface area (Å²) in [6.45, 7) is 4.56. The monoisotopic (exact) mass is 902 g/mol. The van der Waals surface area contributed by atoms with Crippen LogP contribution in [0.5, 0.6) is 0 Å². The number of imide groups is 1. The van der Waals surface area contributed by atoms with E-state index in [0.717, 1.165) is 55.5 Å². The maximum Gasteiger partial charge on any atom is 0.328 e. The van der Waals surface area contributed by atoms with Gasteiger partial charge in [-0.1, -0.05) is 41.9 Å². The van der Waals surface area contributed by atoms with Crippen LogP contribution in [0.4, 0.5) is 14.9 Å². The molecule has 0 bridgehead atoms. The lowest BCUT2D eigenvalue weighted by molar-refractivity contribution is -0.131. The fourth-order valence-electron chi connectivity index (χ4n) is 9.72. The minimum Gasteiger partial charge on any atom is -0.348 e. The normalized spacial score (nSPS) is 18.0. The summed E-state index contributed by atoms with van der Waals surface area (Å²) < 4.78 is 18.4. The number of benzene rings is 2. The van der Waals surface area contributed by atoms with Gasteiger partial charge in [-0.15, -0.1) is 0 Å². The van der Waals surface area contributed by atoms with E-state index >= 15 is 4.39 Å². The molecule has 0 unspecified atom stereocenters. The number of pyridine rings is 1. The Morgan fingerprint density at radius 3 is 2.40 bits per heavy atom. The van der Waals surface area contributed by atoms with E-state index in [-0.39, 0.29) is 59.4 Å². The molecule has 4 aliphatic heterocycles. The number of fused-ring (bicyclic) bond motifs is 1. The lowest BCUT2D eigenvalue weighted by Crippen LogP contribution is -2.50. The molecule has 0 aliphatic carbocycles. The predicted molar refractivity (Wildman–Crippen MR) is 245 cm³/mol. The second-order valence-corrected chi connectivity index (χ2v) is 17.9. The molecule has 3 fully saturated rings. The Labute approximate surface area is 381 Å². The van der Waals surface area contributed by atoms with Gasteiger partial charge in [-0.25, -0.2) is 14.2 Å². The number of nitrogens with zero attached hydrogens (tertiary/aromatic N) is 8. The number of likely N-dealkylation sites (tertiary alicyclic amines) is 2. The van der Waals surface area contributed by atoms with Gasteiger partial charge in [-0.2, -0.15) is 5.10 Å². The number of piperidine rings is 2. The Kier molecular flexibility index (Phi) is 12.6. The van der Waals surface area contributed by atoms with Crippen LogP contribution in [0.2, 0.25) is 5.02 Å². The van der Waals surface area contributed by atoms with Crippen LogP contribution in [0.1, 0.15) is 83.0 Å². The topological polar surface area (TPSA) is 160 Å². The van der Waals surface area contributed by atoms with Crippen molar-refractivity contribution in [2.45, 2.75) is 63.5 Å². The van der Waals surface area contributed by atoms with Gasteiger partial charge < -0.3 is 24.6 Å². The number of rotatable bonds is 10. The number of aromatic nitrogens is 4. The predicted octanol–water partition coefficient (Wildman–Crippen LogP) is 6.56. The summed E-state index contributed by atoms with van der Waals surface area (Å²) >= 11 is 6.37. The van der Waals surface area contributed by atoms with Gasteiger partial charge in [0.2, 0.25) is 11.8 Å². The molecule has 2 N–H and O–H groups in total. The number of hydrogen-bond acceptors (Lipinski definition) is 8. The molecule has 7 heterocycles. The van der Waals surface area contributed by atoms with Gasteiger partial charge in [0.05, 0.1) is 16.2 Å². The number of halogens is 2. The number of anilines is 1. The van der Waals surface area contributed by atoms with Crippen LogP contribution >= 0.6 is 11.6 Å². The Morgan fingerprint density at radius 2 is 1.69 bits per heavy atom. The van der Waals surface area contributed by atoms with E-state index in [1.807, 2.05) is 29.3 Å². The SMILES string of the molecule is CN(C)C(=O)c1cc2c(-c3ccc(C4CCN(C5CCN(C(=O)c6cc(N7CCC(=O)NC7=O)c(Cl)cn6)CC5)CC4)cc3)cc(C3=CCCN(C(=O)CCn4cccn4)C3)c(F)c2[nH]1. The average Bonchev–Trinajstić information content (AvgIpc) is 4.03. The Bertz CT molecular complexity index is 2670. The quantitative estimate of drug-likeness (QED) is 0.160. The summed E-state index contributed by atoms with van der Waals surface area (Å²) in [5.74, 6) is -0.905. The number of hydrogen-bond donors (Lipinski definition) is 2. The Morgan fingerprint density at radius 1 is 0.923 bits per heavy atom. The molecule has 338 valence electrons. The maximum atomic E-state index is 16.6. The second kappa shape index (κ2) is 18.6. The van der Waals surface area contributed by atoms with Crippen LogP contribution in [0, 0.1) is 5.82 Å². The molecular weight excluding hydrogens is 851 g/mol. The summed E-state index contributed by atoms with van der Waals surface area (Å²) in [6, 6.07) is 15.3. The van der Waals surface area contributed by atoms with Crippen LogP contribution in [-0.4, -0.2) is 135 Å². The van der Waals surface area contributed by atoms with Crippen molar-refractivity contribution in [2.24, 2.45) is 0 Å².